The van der Waals surface area contributed by atoms with E-state index in [1.54, 1.807) is 12.3 Å². The zero-order valence-corrected chi connectivity index (χ0v) is 17.1. The summed E-state index contributed by atoms with van der Waals surface area (Å²) in [6, 6.07) is 5.27. The molecule has 0 aromatic carbocycles. The number of anilines is 1. The van der Waals surface area contributed by atoms with E-state index in [1.807, 2.05) is 6.07 Å². The fourth-order valence-corrected chi connectivity index (χ4v) is 5.12. The van der Waals surface area contributed by atoms with Crippen LogP contribution in [0.15, 0.2) is 21.2 Å². The van der Waals surface area contributed by atoms with Gasteiger partial charge in [-0.25, -0.2) is 4.98 Å². The van der Waals surface area contributed by atoms with E-state index in [1.165, 1.54) is 12.8 Å². The molecule has 27 heavy (non-hydrogen) atoms. The van der Waals surface area contributed by atoms with Crippen LogP contribution in [0.5, 0.6) is 0 Å². The number of likely N-dealkylation sites (tertiary alicyclic amines) is 1. The lowest BCUT2D eigenvalue weighted by Crippen LogP contribution is -2.50. The minimum Gasteiger partial charge on any atom is -0.444 e. The minimum atomic E-state index is -0.128. The topological polar surface area (TPSA) is 85.3 Å². The third-order valence-electron chi connectivity index (χ3n) is 6.03. The highest BCUT2D eigenvalue weighted by Crippen LogP contribution is 2.34. The molecule has 0 radical (unpaired) electrons. The van der Waals surface area contributed by atoms with Gasteiger partial charge in [0.1, 0.15) is 11.9 Å². The number of halogens is 1. The molecular weight excluding hydrogens is 408 g/mol. The molecule has 144 valence electrons. The summed E-state index contributed by atoms with van der Waals surface area (Å²) in [5.74, 6) is 1.11. The zero-order chi connectivity index (χ0) is 19.0. The average Bonchev–Trinajstić information content (AvgIpc) is 3.09. The number of aliphatic hydroxyl groups excluding tert-OH is 1. The lowest BCUT2D eigenvalue weighted by molar-refractivity contribution is 0.0135. The second-order valence-corrected chi connectivity index (χ2v) is 8.63. The fourth-order valence-electron chi connectivity index (χ4n) is 4.59. The maximum Gasteiger partial charge on any atom is 0.204 e. The number of aliphatic hydroxyl groups is 1. The first kappa shape index (κ1) is 18.7. The van der Waals surface area contributed by atoms with Gasteiger partial charge >= 0.3 is 0 Å². The first-order valence-corrected chi connectivity index (χ1v) is 10.5. The molecule has 2 aliphatic rings. The SMILES string of the molecule is CC1C[C@@H](O)CCN1C1CCC(Nc2ncc3oc(C#N)cc3c2Br)CC1. The Morgan fingerprint density at radius 1 is 1.33 bits per heavy atom. The number of nitrogens with zero attached hydrogens (tertiary/aromatic N) is 3. The van der Waals surface area contributed by atoms with Gasteiger partial charge in [0, 0.05) is 36.1 Å². The van der Waals surface area contributed by atoms with Crippen LogP contribution in [0.1, 0.15) is 51.2 Å². The Kier molecular flexibility index (Phi) is 5.40. The first-order valence-electron chi connectivity index (χ1n) is 9.73. The zero-order valence-electron chi connectivity index (χ0n) is 15.5. The summed E-state index contributed by atoms with van der Waals surface area (Å²) in [6.07, 6.45) is 7.89. The molecule has 2 N–H and O–H groups in total. The van der Waals surface area contributed by atoms with E-state index in [2.05, 4.69) is 38.1 Å². The van der Waals surface area contributed by atoms with Gasteiger partial charge in [0.15, 0.2) is 5.58 Å². The van der Waals surface area contributed by atoms with Crippen molar-refractivity contribution in [2.45, 2.75) is 69.7 Å². The monoisotopic (exact) mass is 432 g/mol. The molecule has 0 bridgehead atoms. The molecule has 1 unspecified atom stereocenters. The Labute approximate surface area is 167 Å². The standard InChI is InChI=1S/C20H25BrN4O2/c1-12-8-15(26)6-7-25(12)14-4-2-13(3-5-14)24-20-19(21)17-9-16(10-22)27-18(17)11-23-20/h9,11-15,26H,2-8H2,1H3,(H,23,24)/t12?,13?,14?,15-/m0/s1. The molecule has 2 fully saturated rings. The summed E-state index contributed by atoms with van der Waals surface area (Å²) < 4.78 is 6.29. The smallest absolute Gasteiger partial charge is 0.204 e. The van der Waals surface area contributed by atoms with Gasteiger partial charge in [0.2, 0.25) is 5.76 Å². The van der Waals surface area contributed by atoms with Crippen molar-refractivity contribution in [2.75, 3.05) is 11.9 Å². The summed E-state index contributed by atoms with van der Waals surface area (Å²) in [4.78, 5) is 7.07. The normalized spacial score (nSPS) is 29.6. The highest BCUT2D eigenvalue weighted by molar-refractivity contribution is 9.10. The molecule has 6 nitrogen and oxygen atoms in total. The number of aromatic nitrogens is 1. The summed E-state index contributed by atoms with van der Waals surface area (Å²) >= 11 is 3.61. The molecule has 1 saturated heterocycles. The third-order valence-corrected chi connectivity index (χ3v) is 6.84. The van der Waals surface area contributed by atoms with Crippen molar-refractivity contribution >= 4 is 32.7 Å². The highest BCUT2D eigenvalue weighted by atomic mass is 79.9. The van der Waals surface area contributed by atoms with Gasteiger partial charge in [-0.1, -0.05) is 0 Å². The van der Waals surface area contributed by atoms with E-state index in [0.717, 1.165) is 47.9 Å². The second-order valence-electron chi connectivity index (χ2n) is 7.84. The molecule has 4 rings (SSSR count). The van der Waals surface area contributed by atoms with Crippen LogP contribution in [-0.4, -0.2) is 45.8 Å². The molecule has 2 aromatic rings. The van der Waals surface area contributed by atoms with Crippen LogP contribution < -0.4 is 5.32 Å². The number of fused-ring (bicyclic) bond motifs is 1. The number of nitriles is 1. The van der Waals surface area contributed by atoms with Crippen molar-refractivity contribution in [3.63, 3.8) is 0 Å². The van der Waals surface area contributed by atoms with Crippen molar-refractivity contribution < 1.29 is 9.52 Å². The Bertz CT molecular complexity index is 854. The van der Waals surface area contributed by atoms with Crippen LogP contribution in [0.25, 0.3) is 11.0 Å². The van der Waals surface area contributed by atoms with E-state index >= 15 is 0 Å². The van der Waals surface area contributed by atoms with Crippen molar-refractivity contribution in [2.24, 2.45) is 0 Å². The van der Waals surface area contributed by atoms with E-state index in [9.17, 15) is 5.11 Å². The van der Waals surface area contributed by atoms with Crippen molar-refractivity contribution in [1.29, 1.82) is 5.26 Å². The van der Waals surface area contributed by atoms with Crippen LogP contribution >= 0.6 is 15.9 Å². The molecule has 0 amide bonds. The number of hydrogen-bond acceptors (Lipinski definition) is 6. The first-order chi connectivity index (χ1) is 13.0. The van der Waals surface area contributed by atoms with Gasteiger partial charge < -0.3 is 14.8 Å². The molecule has 2 aromatic heterocycles. The average molecular weight is 433 g/mol. The minimum absolute atomic E-state index is 0.128. The molecule has 1 aliphatic carbocycles. The number of furan rings is 1. The van der Waals surface area contributed by atoms with Crippen molar-refractivity contribution in [1.82, 2.24) is 9.88 Å². The molecule has 3 heterocycles. The van der Waals surface area contributed by atoms with Crippen LogP contribution in [0.4, 0.5) is 5.82 Å². The maximum absolute atomic E-state index is 9.85. The lowest BCUT2D eigenvalue weighted by atomic mass is 9.87. The number of hydrogen-bond donors (Lipinski definition) is 2. The molecule has 2 atom stereocenters. The predicted molar refractivity (Wildman–Crippen MR) is 107 cm³/mol. The summed E-state index contributed by atoms with van der Waals surface area (Å²) in [6.45, 7) is 3.25. The molecule has 7 heteroatoms. The lowest BCUT2D eigenvalue weighted by Gasteiger charge is -2.44. The Balaban J connectivity index is 1.39. The van der Waals surface area contributed by atoms with Crippen molar-refractivity contribution in [3.05, 3.63) is 22.5 Å². The van der Waals surface area contributed by atoms with Crippen LogP contribution in [-0.2, 0) is 0 Å². The molecule has 0 spiro atoms. The van der Waals surface area contributed by atoms with Gasteiger partial charge in [0.25, 0.3) is 0 Å². The van der Waals surface area contributed by atoms with Gasteiger partial charge in [-0.3, -0.25) is 4.90 Å². The number of pyridine rings is 1. The van der Waals surface area contributed by atoms with Crippen LogP contribution in [0.2, 0.25) is 0 Å². The van der Waals surface area contributed by atoms with Gasteiger partial charge in [-0.2, -0.15) is 5.26 Å². The van der Waals surface area contributed by atoms with Gasteiger partial charge in [0.05, 0.1) is 16.8 Å². The van der Waals surface area contributed by atoms with E-state index in [0.29, 0.717) is 29.5 Å². The van der Waals surface area contributed by atoms with Crippen molar-refractivity contribution in [3.8, 4) is 6.07 Å². The number of rotatable bonds is 3. The maximum atomic E-state index is 9.85. The van der Waals surface area contributed by atoms with E-state index in [4.69, 9.17) is 9.68 Å². The molecule has 1 saturated carbocycles. The van der Waals surface area contributed by atoms with Gasteiger partial charge in [-0.15, -0.1) is 0 Å². The second kappa shape index (κ2) is 7.78. The van der Waals surface area contributed by atoms with Crippen LogP contribution in [0, 0.1) is 11.3 Å². The fraction of sp³-hybridized carbons (Fsp3) is 0.600. The largest absolute Gasteiger partial charge is 0.444 e. The Morgan fingerprint density at radius 3 is 2.81 bits per heavy atom. The Hall–Kier alpha value is -1.62. The summed E-state index contributed by atoms with van der Waals surface area (Å²) in [5.41, 5.74) is 0.619. The van der Waals surface area contributed by atoms with Crippen LogP contribution in [0.3, 0.4) is 0 Å². The third kappa shape index (κ3) is 3.84. The molecule has 1 aliphatic heterocycles. The quantitative estimate of drug-likeness (QED) is 0.761. The summed E-state index contributed by atoms with van der Waals surface area (Å²) in [5, 5.41) is 23.3. The van der Waals surface area contributed by atoms with E-state index < -0.39 is 0 Å². The highest BCUT2D eigenvalue weighted by Gasteiger charge is 2.32. The summed E-state index contributed by atoms with van der Waals surface area (Å²) in [7, 11) is 0. The van der Waals surface area contributed by atoms with Gasteiger partial charge in [-0.05, 0) is 61.4 Å². The molecular formula is C20H25BrN4O2. The number of nitrogens with one attached hydrogen (secondary N) is 1. The number of piperidine rings is 1. The Morgan fingerprint density at radius 2 is 2.11 bits per heavy atom. The van der Waals surface area contributed by atoms with E-state index in [-0.39, 0.29) is 6.10 Å². The predicted octanol–water partition coefficient (Wildman–Crippen LogP) is 4.03.